The number of aromatic nitrogens is 1. The summed E-state index contributed by atoms with van der Waals surface area (Å²) in [6.07, 6.45) is 1.58. The molecule has 0 radical (unpaired) electrons. The summed E-state index contributed by atoms with van der Waals surface area (Å²) in [5.74, 6) is -6.79. The molecule has 1 aromatic heterocycles. The van der Waals surface area contributed by atoms with E-state index in [-0.39, 0.29) is 16.8 Å². The van der Waals surface area contributed by atoms with Crippen molar-refractivity contribution in [3.8, 4) is 0 Å². The van der Waals surface area contributed by atoms with Crippen LogP contribution in [0.3, 0.4) is 0 Å². The third kappa shape index (κ3) is 4.00. The normalized spacial score (nSPS) is 10.8. The second kappa shape index (κ2) is 7.98. The molecule has 1 heterocycles. The van der Waals surface area contributed by atoms with Gasteiger partial charge in [-0.25, -0.2) is 17.6 Å². The van der Waals surface area contributed by atoms with Crippen molar-refractivity contribution in [1.29, 1.82) is 0 Å². The molecule has 1 N–H and O–H groups in total. The first-order valence-corrected chi connectivity index (χ1v) is 8.98. The lowest BCUT2D eigenvalue weighted by Crippen LogP contribution is -2.14. The van der Waals surface area contributed by atoms with Gasteiger partial charge < -0.3 is 5.32 Å². The minimum absolute atomic E-state index is 0.0999. The molecule has 0 aliphatic heterocycles. The van der Waals surface area contributed by atoms with Crippen molar-refractivity contribution >= 4 is 28.3 Å². The average molecular weight is 424 g/mol. The van der Waals surface area contributed by atoms with Gasteiger partial charge in [0.05, 0.1) is 11.1 Å². The van der Waals surface area contributed by atoms with Crippen LogP contribution in [0.15, 0.2) is 66.9 Å². The molecule has 8 heteroatoms. The lowest BCUT2D eigenvalue weighted by molar-refractivity contribution is 0.101. The van der Waals surface area contributed by atoms with Gasteiger partial charge in [-0.3, -0.25) is 14.6 Å². The highest BCUT2D eigenvalue weighted by molar-refractivity contribution is 6.12. The van der Waals surface area contributed by atoms with Crippen LogP contribution in [0.5, 0.6) is 0 Å². The molecule has 4 nitrogen and oxygen atoms in total. The van der Waals surface area contributed by atoms with Crippen molar-refractivity contribution in [1.82, 2.24) is 4.98 Å². The number of nitrogens with one attached hydrogen (secondary N) is 1. The Bertz CT molecular complexity index is 1350. The lowest BCUT2D eigenvalue weighted by atomic mass is 10.00. The van der Waals surface area contributed by atoms with Gasteiger partial charge in [-0.15, -0.1) is 0 Å². The van der Waals surface area contributed by atoms with E-state index in [0.717, 1.165) is 18.2 Å². The first-order valence-electron chi connectivity index (χ1n) is 8.98. The van der Waals surface area contributed by atoms with Crippen LogP contribution in [0, 0.1) is 23.3 Å². The Labute approximate surface area is 173 Å². The molecule has 154 valence electrons. The predicted octanol–water partition coefficient (Wildman–Crippen LogP) is 5.27. The van der Waals surface area contributed by atoms with E-state index in [1.165, 1.54) is 12.1 Å². The van der Waals surface area contributed by atoms with Gasteiger partial charge >= 0.3 is 0 Å². The van der Waals surface area contributed by atoms with Crippen LogP contribution in [0.2, 0.25) is 0 Å². The third-order valence-electron chi connectivity index (χ3n) is 4.58. The summed E-state index contributed by atoms with van der Waals surface area (Å²) >= 11 is 0. The minimum atomic E-state index is -1.37. The number of ketones is 1. The van der Waals surface area contributed by atoms with E-state index in [0.29, 0.717) is 23.0 Å². The van der Waals surface area contributed by atoms with E-state index in [4.69, 9.17) is 0 Å². The zero-order valence-electron chi connectivity index (χ0n) is 15.6. The standard InChI is InChI=1S/C23H12F4N2O2/c24-17-5-3-14(9-18(17)25)23(31)29-15-10-16(21(27)19(26)11-15)22(30)13-4-6-20-12(8-13)2-1-7-28-20/h1-11H,(H,29,31). The number of nitrogens with zero attached hydrogens (tertiary/aromatic N) is 1. The Balaban J connectivity index is 1.67. The Kier molecular flexibility index (Phi) is 5.21. The summed E-state index contributed by atoms with van der Waals surface area (Å²) in [4.78, 5) is 29.2. The van der Waals surface area contributed by atoms with Gasteiger partial charge in [-0.05, 0) is 48.5 Å². The summed E-state index contributed by atoms with van der Waals surface area (Å²) in [5, 5.41) is 2.89. The number of rotatable bonds is 4. The number of amides is 1. The molecular formula is C23H12F4N2O2. The van der Waals surface area contributed by atoms with Crippen molar-refractivity contribution in [3.63, 3.8) is 0 Å². The monoisotopic (exact) mass is 424 g/mol. The fourth-order valence-corrected chi connectivity index (χ4v) is 3.04. The molecule has 0 atom stereocenters. The van der Waals surface area contributed by atoms with Gasteiger partial charge in [0.25, 0.3) is 5.91 Å². The van der Waals surface area contributed by atoms with E-state index < -0.39 is 40.5 Å². The summed E-state index contributed by atoms with van der Waals surface area (Å²) in [6, 6.07) is 12.0. The number of anilines is 1. The molecule has 0 saturated heterocycles. The van der Waals surface area contributed by atoms with E-state index in [1.54, 1.807) is 24.4 Å². The smallest absolute Gasteiger partial charge is 0.255 e. The maximum atomic E-state index is 14.4. The maximum Gasteiger partial charge on any atom is 0.255 e. The molecular weight excluding hydrogens is 412 g/mol. The van der Waals surface area contributed by atoms with Crippen molar-refractivity contribution in [2.75, 3.05) is 5.32 Å². The number of halogens is 4. The summed E-state index contributed by atoms with van der Waals surface area (Å²) in [5.41, 5.74) is -0.331. The second-order valence-electron chi connectivity index (χ2n) is 6.64. The Morgan fingerprint density at radius 3 is 2.32 bits per heavy atom. The first-order chi connectivity index (χ1) is 14.8. The van der Waals surface area contributed by atoms with Crippen LogP contribution >= 0.6 is 0 Å². The van der Waals surface area contributed by atoms with E-state index >= 15 is 0 Å². The minimum Gasteiger partial charge on any atom is -0.322 e. The molecule has 0 fully saturated rings. The zero-order chi connectivity index (χ0) is 22.1. The van der Waals surface area contributed by atoms with Crippen LogP contribution in [-0.2, 0) is 0 Å². The molecule has 4 aromatic rings. The number of hydrogen-bond donors (Lipinski definition) is 1. The van der Waals surface area contributed by atoms with Gasteiger partial charge in [0, 0.05) is 34.5 Å². The molecule has 0 bridgehead atoms. The van der Waals surface area contributed by atoms with Crippen LogP contribution in [0.1, 0.15) is 26.3 Å². The van der Waals surface area contributed by atoms with Gasteiger partial charge in [-0.2, -0.15) is 0 Å². The maximum absolute atomic E-state index is 14.4. The van der Waals surface area contributed by atoms with Crippen LogP contribution in [0.25, 0.3) is 10.9 Å². The number of hydrogen-bond acceptors (Lipinski definition) is 3. The number of pyridine rings is 1. The molecule has 31 heavy (non-hydrogen) atoms. The van der Waals surface area contributed by atoms with E-state index in [1.807, 2.05) is 0 Å². The molecule has 0 aliphatic rings. The van der Waals surface area contributed by atoms with Crippen LogP contribution in [-0.4, -0.2) is 16.7 Å². The van der Waals surface area contributed by atoms with Gasteiger partial charge in [0.2, 0.25) is 0 Å². The topological polar surface area (TPSA) is 59.1 Å². The number of benzene rings is 3. The molecule has 1 amide bonds. The van der Waals surface area contributed by atoms with Crippen molar-refractivity contribution < 1.29 is 27.2 Å². The quantitative estimate of drug-likeness (QED) is 0.359. The van der Waals surface area contributed by atoms with E-state index in [9.17, 15) is 27.2 Å². The molecule has 0 saturated carbocycles. The molecule has 4 rings (SSSR count). The van der Waals surface area contributed by atoms with E-state index in [2.05, 4.69) is 10.3 Å². The third-order valence-corrected chi connectivity index (χ3v) is 4.58. The number of fused-ring (bicyclic) bond motifs is 1. The van der Waals surface area contributed by atoms with Crippen molar-refractivity contribution in [2.24, 2.45) is 0 Å². The zero-order valence-corrected chi connectivity index (χ0v) is 15.6. The first kappa shape index (κ1) is 20.2. The highest BCUT2D eigenvalue weighted by Gasteiger charge is 2.20. The largest absolute Gasteiger partial charge is 0.322 e. The summed E-state index contributed by atoms with van der Waals surface area (Å²) in [6.45, 7) is 0. The predicted molar refractivity (Wildman–Crippen MR) is 106 cm³/mol. The molecule has 0 aliphatic carbocycles. The van der Waals surface area contributed by atoms with Gasteiger partial charge in [0.1, 0.15) is 0 Å². The summed E-state index contributed by atoms with van der Waals surface area (Å²) < 4.78 is 54.9. The van der Waals surface area contributed by atoms with Crippen molar-refractivity contribution in [3.05, 3.63) is 107 Å². The number of carbonyl (C=O) groups is 2. The fraction of sp³-hybridized carbons (Fsp3) is 0. The Morgan fingerprint density at radius 1 is 0.774 bits per heavy atom. The van der Waals surface area contributed by atoms with Crippen molar-refractivity contribution in [2.45, 2.75) is 0 Å². The second-order valence-corrected chi connectivity index (χ2v) is 6.64. The SMILES string of the molecule is O=C(Nc1cc(F)c(F)c(C(=O)c2ccc3ncccc3c2)c1)c1ccc(F)c(F)c1. The molecule has 3 aromatic carbocycles. The van der Waals surface area contributed by atoms with Gasteiger partial charge in [0.15, 0.2) is 29.1 Å². The molecule has 0 unspecified atom stereocenters. The van der Waals surface area contributed by atoms with Crippen LogP contribution in [0.4, 0.5) is 23.2 Å². The Hall–Kier alpha value is -4.07. The molecule has 0 spiro atoms. The fourth-order valence-electron chi connectivity index (χ4n) is 3.04. The summed E-state index contributed by atoms with van der Waals surface area (Å²) in [7, 11) is 0. The highest BCUT2D eigenvalue weighted by atomic mass is 19.2. The Morgan fingerprint density at radius 2 is 1.55 bits per heavy atom. The highest BCUT2D eigenvalue weighted by Crippen LogP contribution is 2.24. The number of carbonyl (C=O) groups excluding carboxylic acids is 2. The lowest BCUT2D eigenvalue weighted by Gasteiger charge is -2.10. The van der Waals surface area contributed by atoms with Gasteiger partial charge in [-0.1, -0.05) is 6.07 Å². The van der Waals surface area contributed by atoms with Crippen LogP contribution < -0.4 is 5.32 Å². The average Bonchev–Trinajstić information content (AvgIpc) is 2.77.